The van der Waals surface area contributed by atoms with Gasteiger partial charge >= 0.3 is 0 Å². The summed E-state index contributed by atoms with van der Waals surface area (Å²) in [4.78, 5) is 12.3. The van der Waals surface area contributed by atoms with Crippen LogP contribution in [0.2, 0.25) is 0 Å². The van der Waals surface area contributed by atoms with Crippen LogP contribution in [-0.2, 0) is 6.42 Å². The number of hydrogen-bond acceptors (Lipinski definition) is 5. The molecule has 5 nitrogen and oxygen atoms in total. The fourth-order valence-corrected chi connectivity index (χ4v) is 2.75. The number of aromatic hydroxyl groups is 3. The van der Waals surface area contributed by atoms with Crippen LogP contribution < -0.4 is 5.43 Å². The lowest BCUT2D eigenvalue weighted by molar-refractivity contribution is 0.397. The summed E-state index contributed by atoms with van der Waals surface area (Å²) >= 11 is 0. The van der Waals surface area contributed by atoms with E-state index >= 15 is 0 Å². The van der Waals surface area contributed by atoms with E-state index in [1.807, 2.05) is 12.1 Å². The molecule has 0 radical (unpaired) electrons. The van der Waals surface area contributed by atoms with Crippen LogP contribution in [0.1, 0.15) is 12.0 Å². The summed E-state index contributed by atoms with van der Waals surface area (Å²) in [5, 5.41) is 29.7. The third-order valence-corrected chi connectivity index (χ3v) is 4.28. The van der Waals surface area contributed by atoms with E-state index in [1.165, 1.54) is 12.1 Å². The molecule has 124 valence electrons. The van der Waals surface area contributed by atoms with Crippen LogP contribution in [0.4, 0.5) is 0 Å². The van der Waals surface area contributed by atoms with E-state index in [-0.39, 0.29) is 16.7 Å². The molecule has 3 rings (SSSR count). The van der Waals surface area contributed by atoms with Gasteiger partial charge < -0.3 is 19.7 Å². The Balaban J connectivity index is 2.14. The van der Waals surface area contributed by atoms with E-state index < -0.39 is 22.7 Å². The lowest BCUT2D eigenvalue weighted by atomic mass is 10.0. The van der Waals surface area contributed by atoms with Crippen molar-refractivity contribution < 1.29 is 19.7 Å². The molecule has 1 unspecified atom stereocenters. The number of hydrogen-bond donors (Lipinski definition) is 3. The van der Waals surface area contributed by atoms with Gasteiger partial charge in [-0.1, -0.05) is 24.3 Å². The second kappa shape index (κ2) is 6.54. The van der Waals surface area contributed by atoms with Gasteiger partial charge in [-0.25, -0.2) is 0 Å². The number of aryl methyl sites for hydroxylation is 1. The fourth-order valence-electron chi connectivity index (χ4n) is 2.55. The van der Waals surface area contributed by atoms with Gasteiger partial charge in [-0.3, -0.25) is 4.79 Å². The molecule has 0 fully saturated rings. The molecule has 1 heterocycles. The molecular formula is C18H17O5P. The maximum atomic E-state index is 12.3. The third-order valence-electron chi connectivity index (χ3n) is 3.87. The summed E-state index contributed by atoms with van der Waals surface area (Å²) < 4.78 is 5.53. The monoisotopic (exact) mass is 344 g/mol. The SMILES string of the molecule is O=c1c(O)c(-c2ccc(CCCP)cc2)oc2c(O)c(O)ccc12. The molecule has 1 aromatic heterocycles. The van der Waals surface area contributed by atoms with E-state index in [0.29, 0.717) is 5.56 Å². The Morgan fingerprint density at radius 2 is 1.67 bits per heavy atom. The third kappa shape index (κ3) is 2.83. The highest BCUT2D eigenvalue weighted by atomic mass is 31.0. The van der Waals surface area contributed by atoms with Crippen LogP contribution in [-0.4, -0.2) is 21.5 Å². The van der Waals surface area contributed by atoms with Crippen molar-refractivity contribution in [1.29, 1.82) is 0 Å². The minimum Gasteiger partial charge on any atom is -0.504 e. The van der Waals surface area contributed by atoms with E-state index in [9.17, 15) is 20.1 Å². The first-order valence-electron chi connectivity index (χ1n) is 7.53. The summed E-state index contributed by atoms with van der Waals surface area (Å²) in [5.41, 5.74) is 0.849. The Morgan fingerprint density at radius 3 is 2.33 bits per heavy atom. The largest absolute Gasteiger partial charge is 0.504 e. The molecule has 2 aromatic carbocycles. The molecule has 0 spiro atoms. The van der Waals surface area contributed by atoms with Gasteiger partial charge in [0.2, 0.25) is 16.9 Å². The van der Waals surface area contributed by atoms with E-state index in [2.05, 4.69) is 9.24 Å². The Labute approximate surface area is 140 Å². The molecule has 0 saturated carbocycles. The molecule has 0 aliphatic carbocycles. The Morgan fingerprint density at radius 1 is 0.958 bits per heavy atom. The van der Waals surface area contributed by atoms with E-state index in [4.69, 9.17) is 4.42 Å². The smallest absolute Gasteiger partial charge is 0.235 e. The molecule has 24 heavy (non-hydrogen) atoms. The van der Waals surface area contributed by atoms with Crippen molar-refractivity contribution in [3.05, 3.63) is 52.2 Å². The second-order valence-electron chi connectivity index (χ2n) is 5.51. The molecule has 0 saturated heterocycles. The first-order valence-corrected chi connectivity index (χ1v) is 8.34. The topological polar surface area (TPSA) is 90.9 Å². The maximum absolute atomic E-state index is 12.3. The lowest BCUT2D eigenvalue weighted by Gasteiger charge is -2.08. The average molecular weight is 344 g/mol. The second-order valence-corrected chi connectivity index (χ2v) is 6.09. The van der Waals surface area contributed by atoms with Gasteiger partial charge in [-0.2, -0.15) is 0 Å². The Kier molecular flexibility index (Phi) is 4.45. The highest BCUT2D eigenvalue weighted by molar-refractivity contribution is 7.16. The number of benzene rings is 2. The predicted molar refractivity (Wildman–Crippen MR) is 95.8 cm³/mol. The van der Waals surface area contributed by atoms with Gasteiger partial charge in [0.25, 0.3) is 0 Å². The Bertz CT molecular complexity index is 944. The summed E-state index contributed by atoms with van der Waals surface area (Å²) in [6.45, 7) is 0. The van der Waals surface area contributed by atoms with Crippen LogP contribution in [0.15, 0.2) is 45.6 Å². The van der Waals surface area contributed by atoms with Crippen molar-refractivity contribution in [2.45, 2.75) is 12.8 Å². The molecule has 0 aliphatic heterocycles. The van der Waals surface area contributed by atoms with Crippen molar-refractivity contribution in [3.63, 3.8) is 0 Å². The van der Waals surface area contributed by atoms with Crippen LogP contribution in [0.3, 0.4) is 0 Å². The molecule has 0 bridgehead atoms. The summed E-state index contributed by atoms with van der Waals surface area (Å²) in [6.07, 6.45) is 3.00. The zero-order valence-electron chi connectivity index (χ0n) is 12.8. The zero-order valence-corrected chi connectivity index (χ0v) is 14.0. The normalized spacial score (nSPS) is 11.0. The number of phenols is 2. The van der Waals surface area contributed by atoms with Gasteiger partial charge in [-0.05, 0) is 36.7 Å². The standard InChI is InChI=1S/C18H17O5P/c19-13-8-7-12-14(20)16(22)17(23-18(12)15(13)21)11-5-3-10(4-6-11)2-1-9-24/h3-8,19,21-22H,1-2,9,24H2. The van der Waals surface area contributed by atoms with Crippen LogP contribution in [0.5, 0.6) is 17.2 Å². The summed E-state index contributed by atoms with van der Waals surface area (Å²) in [6, 6.07) is 9.78. The van der Waals surface area contributed by atoms with E-state index in [0.717, 1.165) is 24.6 Å². The molecule has 3 N–H and O–H groups in total. The molecule has 3 aromatic rings. The minimum atomic E-state index is -0.659. The number of fused-ring (bicyclic) bond motifs is 1. The van der Waals surface area contributed by atoms with Crippen LogP contribution >= 0.6 is 9.24 Å². The zero-order chi connectivity index (χ0) is 17.3. The minimum absolute atomic E-state index is 0.00335. The van der Waals surface area contributed by atoms with Gasteiger partial charge in [0, 0.05) is 5.56 Å². The molecular weight excluding hydrogens is 327 g/mol. The fraction of sp³-hybridized carbons (Fsp3) is 0.167. The van der Waals surface area contributed by atoms with Crippen molar-refractivity contribution in [2.75, 3.05) is 6.16 Å². The highest BCUT2D eigenvalue weighted by Crippen LogP contribution is 2.37. The molecule has 6 heteroatoms. The summed E-state index contributed by atoms with van der Waals surface area (Å²) in [7, 11) is 2.68. The van der Waals surface area contributed by atoms with Gasteiger partial charge in [-0.15, -0.1) is 9.24 Å². The quantitative estimate of drug-likeness (QED) is 0.498. The maximum Gasteiger partial charge on any atom is 0.235 e. The van der Waals surface area contributed by atoms with Gasteiger partial charge in [0.15, 0.2) is 17.1 Å². The lowest BCUT2D eigenvalue weighted by Crippen LogP contribution is -2.02. The molecule has 1 atom stereocenters. The van der Waals surface area contributed by atoms with Gasteiger partial charge in [0.1, 0.15) is 0 Å². The first-order chi connectivity index (χ1) is 11.5. The predicted octanol–water partition coefficient (Wildman–Crippen LogP) is 3.38. The van der Waals surface area contributed by atoms with Crippen molar-refractivity contribution in [2.24, 2.45) is 0 Å². The van der Waals surface area contributed by atoms with Crippen molar-refractivity contribution in [3.8, 4) is 28.6 Å². The van der Waals surface area contributed by atoms with Crippen molar-refractivity contribution in [1.82, 2.24) is 0 Å². The molecule has 0 amide bonds. The van der Waals surface area contributed by atoms with E-state index in [1.54, 1.807) is 12.1 Å². The number of rotatable bonds is 4. The van der Waals surface area contributed by atoms with Gasteiger partial charge in [0.05, 0.1) is 5.39 Å². The Hall–Kier alpha value is -2.52. The molecule has 0 aliphatic rings. The first kappa shape index (κ1) is 16.3. The van der Waals surface area contributed by atoms with Crippen LogP contribution in [0, 0.1) is 0 Å². The van der Waals surface area contributed by atoms with Crippen LogP contribution in [0.25, 0.3) is 22.3 Å². The number of phenolic OH excluding ortho intramolecular Hbond substituents is 2. The summed E-state index contributed by atoms with van der Waals surface area (Å²) in [5.74, 6) is -1.48. The average Bonchev–Trinajstić information content (AvgIpc) is 2.60. The highest BCUT2D eigenvalue weighted by Gasteiger charge is 2.18. The van der Waals surface area contributed by atoms with Crippen molar-refractivity contribution >= 4 is 20.2 Å².